The Kier molecular flexibility index (Phi) is 5.32. The number of aryl methyl sites for hydroxylation is 2. The predicted molar refractivity (Wildman–Crippen MR) is 99.3 cm³/mol. The zero-order chi connectivity index (χ0) is 17.3. The SMILES string of the molecule is Cc1cc(S(=O)(=O)N2CCN(Cc3ccc(Cl)cc3)CC2)c(C)s1. The van der Waals surface area contributed by atoms with Crippen molar-refractivity contribution in [1.29, 1.82) is 0 Å². The van der Waals surface area contributed by atoms with Crippen molar-refractivity contribution in [3.05, 3.63) is 50.7 Å². The smallest absolute Gasteiger partial charge is 0.244 e. The summed E-state index contributed by atoms with van der Waals surface area (Å²) in [7, 11) is -3.37. The van der Waals surface area contributed by atoms with Crippen LogP contribution in [-0.4, -0.2) is 43.8 Å². The lowest BCUT2D eigenvalue weighted by Gasteiger charge is -2.34. The maximum Gasteiger partial charge on any atom is 0.244 e. The minimum absolute atomic E-state index is 0.469. The van der Waals surface area contributed by atoms with Crippen LogP contribution in [0.15, 0.2) is 35.2 Å². The highest BCUT2D eigenvalue weighted by Crippen LogP contribution is 2.28. The molecular formula is C17H21ClN2O2S2. The first kappa shape index (κ1) is 17.9. The van der Waals surface area contributed by atoms with Gasteiger partial charge >= 0.3 is 0 Å². The van der Waals surface area contributed by atoms with Crippen LogP contribution in [0.1, 0.15) is 15.3 Å². The van der Waals surface area contributed by atoms with E-state index >= 15 is 0 Å². The number of benzene rings is 1. The van der Waals surface area contributed by atoms with Crippen molar-refractivity contribution >= 4 is 33.0 Å². The van der Waals surface area contributed by atoms with E-state index in [-0.39, 0.29) is 0 Å². The molecule has 4 nitrogen and oxygen atoms in total. The molecule has 2 heterocycles. The average Bonchev–Trinajstić information content (AvgIpc) is 2.89. The Labute approximate surface area is 152 Å². The quantitative estimate of drug-likeness (QED) is 0.809. The second-order valence-corrected chi connectivity index (χ2v) is 9.89. The Balaban J connectivity index is 1.64. The summed E-state index contributed by atoms with van der Waals surface area (Å²) in [5, 5.41) is 0.732. The molecule has 130 valence electrons. The number of piperazine rings is 1. The first-order chi connectivity index (χ1) is 11.4. The van der Waals surface area contributed by atoms with Gasteiger partial charge in [-0.25, -0.2) is 8.42 Å². The van der Waals surface area contributed by atoms with Crippen LogP contribution in [0.25, 0.3) is 0 Å². The van der Waals surface area contributed by atoms with Gasteiger partial charge in [-0.3, -0.25) is 4.90 Å². The third-order valence-corrected chi connectivity index (χ3v) is 7.64. The van der Waals surface area contributed by atoms with Crippen LogP contribution in [-0.2, 0) is 16.6 Å². The molecule has 0 aliphatic carbocycles. The van der Waals surface area contributed by atoms with Crippen LogP contribution in [0, 0.1) is 13.8 Å². The zero-order valence-corrected chi connectivity index (χ0v) is 16.2. The van der Waals surface area contributed by atoms with Crippen molar-refractivity contribution in [1.82, 2.24) is 9.21 Å². The van der Waals surface area contributed by atoms with Crippen molar-refractivity contribution in [3.8, 4) is 0 Å². The molecule has 7 heteroatoms. The van der Waals surface area contributed by atoms with Crippen LogP contribution < -0.4 is 0 Å². The molecule has 0 atom stereocenters. The molecule has 2 aromatic rings. The summed E-state index contributed by atoms with van der Waals surface area (Å²) < 4.78 is 27.3. The molecule has 1 aliphatic heterocycles. The second kappa shape index (κ2) is 7.14. The van der Waals surface area contributed by atoms with Crippen molar-refractivity contribution in [3.63, 3.8) is 0 Å². The number of halogens is 1. The van der Waals surface area contributed by atoms with E-state index in [1.807, 2.05) is 38.1 Å². The van der Waals surface area contributed by atoms with E-state index in [0.717, 1.165) is 34.4 Å². The van der Waals surface area contributed by atoms with Gasteiger partial charge in [0.25, 0.3) is 0 Å². The van der Waals surface area contributed by atoms with Crippen LogP contribution in [0.5, 0.6) is 0 Å². The molecule has 1 saturated heterocycles. The summed E-state index contributed by atoms with van der Waals surface area (Å²) in [6, 6.07) is 9.60. The summed E-state index contributed by atoms with van der Waals surface area (Å²) in [6.45, 7) is 7.19. The summed E-state index contributed by atoms with van der Waals surface area (Å²) >= 11 is 7.45. The molecule has 0 saturated carbocycles. The number of rotatable bonds is 4. The van der Waals surface area contributed by atoms with E-state index in [1.165, 1.54) is 16.9 Å². The number of thiophene rings is 1. The number of hydrogen-bond acceptors (Lipinski definition) is 4. The van der Waals surface area contributed by atoms with Crippen LogP contribution in [0.3, 0.4) is 0 Å². The van der Waals surface area contributed by atoms with Gasteiger partial charge in [0.05, 0.1) is 4.90 Å². The summed E-state index contributed by atoms with van der Waals surface area (Å²) in [4.78, 5) is 4.65. The highest BCUT2D eigenvalue weighted by atomic mass is 35.5. The largest absolute Gasteiger partial charge is 0.296 e. The lowest BCUT2D eigenvalue weighted by atomic mass is 10.2. The Morgan fingerprint density at radius 1 is 1.08 bits per heavy atom. The van der Waals surface area contributed by atoms with Gasteiger partial charge in [0, 0.05) is 47.5 Å². The van der Waals surface area contributed by atoms with E-state index in [0.29, 0.717) is 18.0 Å². The van der Waals surface area contributed by atoms with Crippen LogP contribution in [0.4, 0.5) is 0 Å². The lowest BCUT2D eigenvalue weighted by molar-refractivity contribution is 0.181. The van der Waals surface area contributed by atoms with Crippen LogP contribution in [0.2, 0.25) is 5.02 Å². The lowest BCUT2D eigenvalue weighted by Crippen LogP contribution is -2.48. The fraction of sp³-hybridized carbons (Fsp3) is 0.412. The molecule has 0 unspecified atom stereocenters. The highest BCUT2D eigenvalue weighted by Gasteiger charge is 2.30. The summed E-state index contributed by atoms with van der Waals surface area (Å²) in [5.41, 5.74) is 1.19. The minimum Gasteiger partial charge on any atom is -0.296 e. The predicted octanol–water partition coefficient (Wildman–Crippen LogP) is 3.52. The second-order valence-electron chi connectivity index (χ2n) is 6.08. The van der Waals surface area contributed by atoms with Gasteiger partial charge in [-0.1, -0.05) is 23.7 Å². The molecule has 1 aromatic heterocycles. The third kappa shape index (κ3) is 3.83. The van der Waals surface area contributed by atoms with Gasteiger partial charge in [-0.05, 0) is 37.6 Å². The van der Waals surface area contributed by atoms with Crippen molar-refractivity contribution in [2.45, 2.75) is 25.3 Å². The van der Waals surface area contributed by atoms with Gasteiger partial charge in [0.2, 0.25) is 10.0 Å². The Morgan fingerprint density at radius 3 is 2.25 bits per heavy atom. The molecule has 0 spiro atoms. The number of nitrogens with zero attached hydrogens (tertiary/aromatic N) is 2. The summed E-state index contributed by atoms with van der Waals surface area (Å²) in [5.74, 6) is 0. The molecule has 1 aliphatic rings. The van der Waals surface area contributed by atoms with Gasteiger partial charge in [0.15, 0.2) is 0 Å². The number of hydrogen-bond donors (Lipinski definition) is 0. The molecule has 0 N–H and O–H groups in total. The van der Waals surface area contributed by atoms with E-state index in [1.54, 1.807) is 10.4 Å². The topological polar surface area (TPSA) is 40.6 Å². The number of sulfonamides is 1. The Bertz CT molecular complexity index is 808. The molecule has 0 amide bonds. The first-order valence-corrected chi connectivity index (χ1v) is 10.5. The van der Waals surface area contributed by atoms with Gasteiger partial charge in [-0.2, -0.15) is 4.31 Å². The maximum atomic E-state index is 12.8. The molecule has 0 bridgehead atoms. The highest BCUT2D eigenvalue weighted by molar-refractivity contribution is 7.89. The Morgan fingerprint density at radius 2 is 1.71 bits per heavy atom. The molecular weight excluding hydrogens is 364 g/mol. The van der Waals surface area contributed by atoms with E-state index < -0.39 is 10.0 Å². The molecule has 0 radical (unpaired) electrons. The fourth-order valence-electron chi connectivity index (χ4n) is 2.98. The van der Waals surface area contributed by atoms with Gasteiger partial charge in [-0.15, -0.1) is 11.3 Å². The van der Waals surface area contributed by atoms with E-state index in [2.05, 4.69) is 4.90 Å². The minimum atomic E-state index is -3.37. The first-order valence-electron chi connectivity index (χ1n) is 7.90. The normalized spacial score (nSPS) is 17.3. The van der Waals surface area contributed by atoms with Gasteiger partial charge in [0.1, 0.15) is 0 Å². The van der Waals surface area contributed by atoms with Crippen molar-refractivity contribution in [2.24, 2.45) is 0 Å². The fourth-order valence-corrected chi connectivity index (χ4v) is 6.05. The zero-order valence-electron chi connectivity index (χ0n) is 13.8. The Hall–Kier alpha value is -0.920. The van der Waals surface area contributed by atoms with Crippen molar-refractivity contribution in [2.75, 3.05) is 26.2 Å². The molecule has 3 rings (SSSR count). The van der Waals surface area contributed by atoms with E-state index in [9.17, 15) is 8.42 Å². The standard InChI is InChI=1S/C17H21ClN2O2S2/c1-13-11-17(14(2)23-13)24(21,22)20-9-7-19(8-10-20)12-15-3-5-16(18)6-4-15/h3-6,11H,7-10,12H2,1-2H3. The summed E-state index contributed by atoms with van der Waals surface area (Å²) in [6.07, 6.45) is 0. The van der Waals surface area contributed by atoms with E-state index in [4.69, 9.17) is 11.6 Å². The average molecular weight is 385 g/mol. The monoisotopic (exact) mass is 384 g/mol. The van der Waals surface area contributed by atoms with Crippen molar-refractivity contribution < 1.29 is 8.42 Å². The maximum absolute atomic E-state index is 12.8. The molecule has 24 heavy (non-hydrogen) atoms. The molecule has 1 aromatic carbocycles. The van der Waals surface area contributed by atoms with Crippen LogP contribution >= 0.6 is 22.9 Å². The van der Waals surface area contributed by atoms with Gasteiger partial charge < -0.3 is 0 Å². The third-order valence-electron chi connectivity index (χ3n) is 4.26. The molecule has 1 fully saturated rings.